The van der Waals surface area contributed by atoms with Crippen molar-refractivity contribution in [2.75, 3.05) is 13.1 Å². The summed E-state index contributed by atoms with van der Waals surface area (Å²) < 4.78 is 5.69. The molecule has 19 heavy (non-hydrogen) atoms. The van der Waals surface area contributed by atoms with Gasteiger partial charge in [-0.25, -0.2) is 0 Å². The minimum Gasteiger partial charge on any atom is -0.468 e. The summed E-state index contributed by atoms with van der Waals surface area (Å²) in [5, 5.41) is 3.37. The molecule has 1 unspecified atom stereocenters. The standard InChI is InChI=1S/C16H30N2O/c1-5-8-10-18(14(4)6-2)13-16-15(9-11-19-16)12-17-7-3/h9,11,14,17H,5-8,10,12-13H2,1-4H3. The molecule has 1 rings (SSSR count). The van der Waals surface area contributed by atoms with Crippen molar-refractivity contribution in [1.82, 2.24) is 10.2 Å². The van der Waals surface area contributed by atoms with E-state index in [2.05, 4.69) is 44.0 Å². The van der Waals surface area contributed by atoms with Crippen molar-refractivity contribution < 1.29 is 4.42 Å². The molecule has 0 bridgehead atoms. The normalized spacial score (nSPS) is 13.1. The van der Waals surface area contributed by atoms with Crippen LogP contribution < -0.4 is 5.32 Å². The molecular formula is C16H30N2O. The maximum absolute atomic E-state index is 5.69. The molecule has 0 spiro atoms. The molecule has 0 aliphatic heterocycles. The zero-order valence-corrected chi connectivity index (χ0v) is 13.0. The SMILES string of the molecule is CCCCN(Cc1occc1CNCC)C(C)CC. The second-order valence-corrected chi connectivity index (χ2v) is 5.23. The van der Waals surface area contributed by atoms with Gasteiger partial charge in [-0.2, -0.15) is 0 Å². The Labute approximate surface area is 118 Å². The number of hydrogen-bond donors (Lipinski definition) is 1. The summed E-state index contributed by atoms with van der Waals surface area (Å²) in [6.45, 7) is 12.9. The second kappa shape index (κ2) is 9.16. The topological polar surface area (TPSA) is 28.4 Å². The molecule has 1 aromatic rings. The lowest BCUT2D eigenvalue weighted by atomic mass is 10.1. The third kappa shape index (κ3) is 5.37. The van der Waals surface area contributed by atoms with Crippen LogP contribution in [-0.4, -0.2) is 24.0 Å². The van der Waals surface area contributed by atoms with Crippen molar-refractivity contribution in [2.45, 2.75) is 66.1 Å². The zero-order valence-electron chi connectivity index (χ0n) is 13.0. The summed E-state index contributed by atoms with van der Waals surface area (Å²) in [5.74, 6) is 1.12. The van der Waals surface area contributed by atoms with Crippen molar-refractivity contribution >= 4 is 0 Å². The van der Waals surface area contributed by atoms with Crippen molar-refractivity contribution in [2.24, 2.45) is 0 Å². The quantitative estimate of drug-likeness (QED) is 0.698. The minimum atomic E-state index is 0.614. The molecule has 0 aliphatic rings. The fourth-order valence-corrected chi connectivity index (χ4v) is 2.18. The fourth-order valence-electron chi connectivity index (χ4n) is 2.18. The Morgan fingerprint density at radius 3 is 2.74 bits per heavy atom. The van der Waals surface area contributed by atoms with Gasteiger partial charge in [0.05, 0.1) is 12.8 Å². The van der Waals surface area contributed by atoms with Crippen LogP contribution in [0.25, 0.3) is 0 Å². The molecular weight excluding hydrogens is 236 g/mol. The second-order valence-electron chi connectivity index (χ2n) is 5.23. The van der Waals surface area contributed by atoms with Crippen molar-refractivity contribution in [3.63, 3.8) is 0 Å². The molecule has 0 fully saturated rings. The van der Waals surface area contributed by atoms with E-state index in [4.69, 9.17) is 4.42 Å². The van der Waals surface area contributed by atoms with E-state index < -0.39 is 0 Å². The van der Waals surface area contributed by atoms with Crippen LogP contribution in [0.3, 0.4) is 0 Å². The Morgan fingerprint density at radius 2 is 2.11 bits per heavy atom. The molecule has 1 N–H and O–H groups in total. The minimum absolute atomic E-state index is 0.614. The number of hydrogen-bond acceptors (Lipinski definition) is 3. The number of nitrogens with one attached hydrogen (secondary N) is 1. The maximum Gasteiger partial charge on any atom is 0.122 e. The Balaban J connectivity index is 2.64. The molecule has 1 aromatic heterocycles. The van der Waals surface area contributed by atoms with E-state index in [0.717, 1.165) is 31.9 Å². The summed E-state index contributed by atoms with van der Waals surface area (Å²) in [5.41, 5.74) is 1.30. The average molecular weight is 266 g/mol. The number of unbranched alkanes of at least 4 members (excludes halogenated alkanes) is 1. The van der Waals surface area contributed by atoms with Crippen molar-refractivity contribution in [1.29, 1.82) is 0 Å². The maximum atomic E-state index is 5.69. The summed E-state index contributed by atoms with van der Waals surface area (Å²) >= 11 is 0. The molecule has 0 aliphatic carbocycles. The summed E-state index contributed by atoms with van der Waals surface area (Å²) in [6.07, 6.45) is 5.51. The van der Waals surface area contributed by atoms with E-state index >= 15 is 0 Å². The predicted octanol–water partition coefficient (Wildman–Crippen LogP) is 3.79. The summed E-state index contributed by atoms with van der Waals surface area (Å²) in [7, 11) is 0. The number of nitrogens with zero attached hydrogens (tertiary/aromatic N) is 1. The van der Waals surface area contributed by atoms with Crippen molar-refractivity contribution in [3.05, 3.63) is 23.7 Å². The Hall–Kier alpha value is -0.800. The van der Waals surface area contributed by atoms with Gasteiger partial charge in [0.2, 0.25) is 0 Å². The van der Waals surface area contributed by atoms with E-state index in [0.29, 0.717) is 6.04 Å². The van der Waals surface area contributed by atoms with Gasteiger partial charge < -0.3 is 9.73 Å². The highest BCUT2D eigenvalue weighted by molar-refractivity contribution is 5.16. The van der Waals surface area contributed by atoms with Gasteiger partial charge in [0.15, 0.2) is 0 Å². The van der Waals surface area contributed by atoms with E-state index in [1.165, 1.54) is 24.8 Å². The van der Waals surface area contributed by atoms with Gasteiger partial charge in [0, 0.05) is 18.2 Å². The average Bonchev–Trinajstić information content (AvgIpc) is 2.87. The van der Waals surface area contributed by atoms with Crippen LogP contribution in [0, 0.1) is 0 Å². The van der Waals surface area contributed by atoms with Crippen LogP contribution in [0.15, 0.2) is 16.7 Å². The monoisotopic (exact) mass is 266 g/mol. The first-order valence-corrected chi connectivity index (χ1v) is 7.72. The summed E-state index contributed by atoms with van der Waals surface area (Å²) in [6, 6.07) is 2.70. The first-order valence-electron chi connectivity index (χ1n) is 7.72. The molecule has 3 nitrogen and oxygen atoms in total. The number of furan rings is 1. The largest absolute Gasteiger partial charge is 0.468 e. The fraction of sp³-hybridized carbons (Fsp3) is 0.750. The van der Waals surface area contributed by atoms with Crippen LogP contribution in [-0.2, 0) is 13.1 Å². The Morgan fingerprint density at radius 1 is 1.32 bits per heavy atom. The lowest BCUT2D eigenvalue weighted by molar-refractivity contribution is 0.177. The van der Waals surface area contributed by atoms with Gasteiger partial charge in [-0.1, -0.05) is 27.2 Å². The van der Waals surface area contributed by atoms with Crippen LogP contribution in [0.2, 0.25) is 0 Å². The Kier molecular flexibility index (Phi) is 7.84. The first-order chi connectivity index (χ1) is 9.22. The number of rotatable bonds is 10. The molecule has 1 atom stereocenters. The molecule has 0 saturated heterocycles. The highest BCUT2D eigenvalue weighted by Crippen LogP contribution is 2.16. The highest BCUT2D eigenvalue weighted by Gasteiger charge is 2.15. The van der Waals surface area contributed by atoms with E-state index in [9.17, 15) is 0 Å². The summed E-state index contributed by atoms with van der Waals surface area (Å²) in [4.78, 5) is 2.54. The van der Waals surface area contributed by atoms with Gasteiger partial charge in [0.25, 0.3) is 0 Å². The third-order valence-electron chi connectivity index (χ3n) is 3.76. The van der Waals surface area contributed by atoms with Gasteiger partial charge in [-0.15, -0.1) is 0 Å². The molecule has 0 aromatic carbocycles. The third-order valence-corrected chi connectivity index (χ3v) is 3.76. The lowest BCUT2D eigenvalue weighted by Crippen LogP contribution is -2.33. The van der Waals surface area contributed by atoms with Crippen LogP contribution in [0.5, 0.6) is 0 Å². The van der Waals surface area contributed by atoms with Crippen LogP contribution >= 0.6 is 0 Å². The molecule has 0 saturated carbocycles. The van der Waals surface area contributed by atoms with Gasteiger partial charge in [0.1, 0.15) is 5.76 Å². The highest BCUT2D eigenvalue weighted by atomic mass is 16.3. The molecule has 0 radical (unpaired) electrons. The van der Waals surface area contributed by atoms with E-state index in [1.807, 2.05) is 6.26 Å². The molecule has 1 heterocycles. The van der Waals surface area contributed by atoms with Gasteiger partial charge >= 0.3 is 0 Å². The zero-order chi connectivity index (χ0) is 14.1. The molecule has 0 amide bonds. The van der Waals surface area contributed by atoms with E-state index in [1.54, 1.807) is 0 Å². The van der Waals surface area contributed by atoms with Gasteiger partial charge in [-0.3, -0.25) is 4.90 Å². The predicted molar refractivity (Wildman–Crippen MR) is 81.2 cm³/mol. The lowest BCUT2D eigenvalue weighted by Gasteiger charge is -2.27. The Bertz CT molecular complexity index is 335. The van der Waals surface area contributed by atoms with Crippen LogP contribution in [0.1, 0.15) is 58.3 Å². The molecule has 3 heteroatoms. The van der Waals surface area contributed by atoms with E-state index in [-0.39, 0.29) is 0 Å². The van der Waals surface area contributed by atoms with Crippen LogP contribution in [0.4, 0.5) is 0 Å². The van der Waals surface area contributed by atoms with Gasteiger partial charge in [-0.05, 0) is 38.9 Å². The molecule has 110 valence electrons. The van der Waals surface area contributed by atoms with Crippen molar-refractivity contribution in [3.8, 4) is 0 Å². The first kappa shape index (κ1) is 16.3. The smallest absolute Gasteiger partial charge is 0.122 e.